The van der Waals surface area contributed by atoms with Gasteiger partial charge in [0, 0.05) is 24.2 Å². The highest BCUT2D eigenvalue weighted by Crippen LogP contribution is 2.43. The maximum absolute atomic E-state index is 13.2. The molecule has 1 aromatic carbocycles. The van der Waals surface area contributed by atoms with Crippen LogP contribution in [0.15, 0.2) is 40.7 Å². The normalized spacial score (nSPS) is 30.0. The third-order valence-corrected chi connectivity index (χ3v) is 7.82. The van der Waals surface area contributed by atoms with Crippen LogP contribution in [-0.4, -0.2) is 43.7 Å². The third-order valence-electron chi connectivity index (χ3n) is 7.82. The highest BCUT2D eigenvalue weighted by molar-refractivity contribution is 5.88. The molecule has 0 amide bonds. The van der Waals surface area contributed by atoms with Crippen LogP contribution in [0.3, 0.4) is 0 Å². The fraction of sp³-hybridized carbons (Fsp3) is 0.577. The van der Waals surface area contributed by atoms with Gasteiger partial charge in [-0.15, -0.1) is 0 Å². The number of para-hydroxylation sites is 2. The Kier molecular flexibility index (Phi) is 5.89. The number of aromatic carboxylic acids is 1. The van der Waals surface area contributed by atoms with Crippen molar-refractivity contribution in [3.8, 4) is 0 Å². The van der Waals surface area contributed by atoms with E-state index in [1.165, 1.54) is 44.9 Å². The number of fused-ring (bicyclic) bond motifs is 3. The predicted molar refractivity (Wildman–Crippen MR) is 125 cm³/mol. The van der Waals surface area contributed by atoms with E-state index in [2.05, 4.69) is 22.9 Å². The number of rotatable bonds is 4. The van der Waals surface area contributed by atoms with E-state index < -0.39 is 11.5 Å². The fourth-order valence-corrected chi connectivity index (χ4v) is 6.65. The summed E-state index contributed by atoms with van der Waals surface area (Å²) in [6.07, 6.45) is 13.9. The topological polar surface area (TPSA) is 75.4 Å². The summed E-state index contributed by atoms with van der Waals surface area (Å²) in [5, 5.41) is 9.60. The fourth-order valence-electron chi connectivity index (χ4n) is 6.65. The van der Waals surface area contributed by atoms with E-state index in [0.29, 0.717) is 23.6 Å². The monoisotopic (exact) mass is 435 g/mol. The Hall–Kier alpha value is -2.47. The Morgan fingerprint density at radius 1 is 1.09 bits per heavy atom. The quantitative estimate of drug-likeness (QED) is 0.689. The second-order valence-corrected chi connectivity index (χ2v) is 9.76. The number of aromatic nitrogens is 2. The molecular formula is C26H33N3O3. The molecule has 1 aliphatic carbocycles. The van der Waals surface area contributed by atoms with E-state index in [0.717, 1.165) is 24.8 Å². The lowest BCUT2D eigenvalue weighted by molar-refractivity contribution is -0.0231. The minimum Gasteiger partial charge on any atom is -0.476 e. The zero-order chi connectivity index (χ0) is 22.2. The highest BCUT2D eigenvalue weighted by atomic mass is 16.4. The van der Waals surface area contributed by atoms with Gasteiger partial charge in [-0.05, 0) is 69.9 Å². The van der Waals surface area contributed by atoms with Crippen molar-refractivity contribution in [2.24, 2.45) is 0 Å². The van der Waals surface area contributed by atoms with Gasteiger partial charge in [0.2, 0.25) is 5.69 Å². The standard InChI is InChI=1S/C26H33N3O3/c1-2-7-17-8-5-9-18(14-17)28-19-10-6-11-20(28)16-21(15-19)29-23-13-4-3-12-22(23)27-24(25(29)30)26(31)32/h3-4,7,12-13,18-21H,2,5-6,8-11,14-16H2,1H3,(H,31,32)/b17-7-/t18-,19-,20+,21?/m0/s1. The van der Waals surface area contributed by atoms with Crippen LogP contribution >= 0.6 is 0 Å². The number of benzene rings is 1. The largest absolute Gasteiger partial charge is 0.476 e. The molecule has 170 valence electrons. The predicted octanol–water partition coefficient (Wildman–Crippen LogP) is 4.93. The van der Waals surface area contributed by atoms with Gasteiger partial charge >= 0.3 is 5.97 Å². The lowest BCUT2D eigenvalue weighted by Gasteiger charge is -2.53. The number of allylic oxidation sites excluding steroid dienone is 1. The van der Waals surface area contributed by atoms with Crippen LogP contribution in [0.5, 0.6) is 0 Å². The van der Waals surface area contributed by atoms with Crippen molar-refractivity contribution in [2.45, 2.75) is 95.3 Å². The van der Waals surface area contributed by atoms with Crippen LogP contribution < -0.4 is 5.56 Å². The van der Waals surface area contributed by atoms with E-state index in [9.17, 15) is 14.7 Å². The number of nitrogens with zero attached hydrogens (tertiary/aromatic N) is 3. The molecule has 32 heavy (non-hydrogen) atoms. The van der Waals surface area contributed by atoms with Gasteiger partial charge in [0.1, 0.15) is 0 Å². The lowest BCUT2D eigenvalue weighted by Crippen LogP contribution is -2.57. The summed E-state index contributed by atoms with van der Waals surface area (Å²) < 4.78 is 1.76. The van der Waals surface area contributed by atoms with Gasteiger partial charge in [-0.25, -0.2) is 9.78 Å². The zero-order valence-electron chi connectivity index (χ0n) is 18.9. The molecule has 2 bridgehead atoms. The molecule has 6 heteroatoms. The second kappa shape index (κ2) is 8.81. The number of piperidine rings is 2. The summed E-state index contributed by atoms with van der Waals surface area (Å²) in [5.41, 5.74) is 2.13. The minimum absolute atomic E-state index is 0.0225. The SMILES string of the molecule is CC/C=C1/CCC[C@H](N2[C@@H]3CCC[C@H]2CC(n2c(=O)c(C(=O)O)nc4ccccc42)C3)C1. The molecule has 1 aromatic heterocycles. The Balaban J connectivity index is 1.49. The number of carboxylic acids is 1. The van der Waals surface area contributed by atoms with Crippen LogP contribution in [0.2, 0.25) is 0 Å². The van der Waals surface area contributed by atoms with Crippen molar-refractivity contribution >= 4 is 17.0 Å². The number of carboxylic acid groups (broad SMARTS) is 1. The first-order chi connectivity index (χ1) is 15.6. The van der Waals surface area contributed by atoms with Crippen molar-refractivity contribution in [3.63, 3.8) is 0 Å². The summed E-state index contributed by atoms with van der Waals surface area (Å²) in [7, 11) is 0. The van der Waals surface area contributed by atoms with Gasteiger partial charge in [-0.1, -0.05) is 37.1 Å². The van der Waals surface area contributed by atoms with Gasteiger partial charge in [-0.3, -0.25) is 9.69 Å². The van der Waals surface area contributed by atoms with Crippen LogP contribution in [0.1, 0.15) is 87.7 Å². The first kappa shape index (κ1) is 21.4. The molecule has 5 rings (SSSR count). The van der Waals surface area contributed by atoms with Gasteiger partial charge in [0.15, 0.2) is 0 Å². The zero-order valence-corrected chi connectivity index (χ0v) is 18.9. The van der Waals surface area contributed by atoms with Gasteiger partial charge < -0.3 is 9.67 Å². The molecule has 3 aliphatic rings. The van der Waals surface area contributed by atoms with E-state index in [4.69, 9.17) is 0 Å². The summed E-state index contributed by atoms with van der Waals surface area (Å²) in [6, 6.07) is 9.01. The molecule has 2 saturated heterocycles. The first-order valence-electron chi connectivity index (χ1n) is 12.3. The average molecular weight is 436 g/mol. The van der Waals surface area contributed by atoms with Gasteiger partial charge in [0.05, 0.1) is 11.0 Å². The van der Waals surface area contributed by atoms with E-state index in [1.54, 1.807) is 16.2 Å². The molecule has 3 fully saturated rings. The van der Waals surface area contributed by atoms with Crippen molar-refractivity contribution in [1.82, 2.24) is 14.5 Å². The molecule has 1 unspecified atom stereocenters. The molecule has 2 aliphatic heterocycles. The summed E-state index contributed by atoms with van der Waals surface area (Å²) in [4.78, 5) is 32.0. The van der Waals surface area contributed by atoms with Crippen LogP contribution in [0, 0.1) is 0 Å². The maximum atomic E-state index is 13.2. The van der Waals surface area contributed by atoms with Crippen LogP contribution in [0.25, 0.3) is 11.0 Å². The van der Waals surface area contributed by atoms with E-state index >= 15 is 0 Å². The van der Waals surface area contributed by atoms with Crippen LogP contribution in [0.4, 0.5) is 0 Å². The third kappa shape index (κ3) is 3.79. The van der Waals surface area contributed by atoms with Crippen molar-refractivity contribution < 1.29 is 9.90 Å². The molecule has 1 saturated carbocycles. The summed E-state index contributed by atoms with van der Waals surface area (Å²) in [5.74, 6) is -1.25. The summed E-state index contributed by atoms with van der Waals surface area (Å²) in [6.45, 7) is 2.22. The second-order valence-electron chi connectivity index (χ2n) is 9.76. The van der Waals surface area contributed by atoms with Crippen molar-refractivity contribution in [2.75, 3.05) is 0 Å². The number of carbonyl (C=O) groups is 1. The number of hydrogen-bond donors (Lipinski definition) is 1. The number of hydrogen-bond acceptors (Lipinski definition) is 4. The van der Waals surface area contributed by atoms with Crippen LogP contribution in [-0.2, 0) is 0 Å². The van der Waals surface area contributed by atoms with Crippen molar-refractivity contribution in [3.05, 3.63) is 52.0 Å². The Labute approximate surface area is 189 Å². The lowest BCUT2D eigenvalue weighted by atomic mass is 9.77. The minimum atomic E-state index is -1.25. The Bertz CT molecular complexity index is 1090. The molecule has 6 nitrogen and oxygen atoms in total. The Morgan fingerprint density at radius 2 is 1.81 bits per heavy atom. The molecule has 1 N–H and O–H groups in total. The van der Waals surface area contributed by atoms with Gasteiger partial charge in [-0.2, -0.15) is 0 Å². The molecule has 2 aromatic rings. The summed E-state index contributed by atoms with van der Waals surface area (Å²) >= 11 is 0. The smallest absolute Gasteiger partial charge is 0.360 e. The highest BCUT2D eigenvalue weighted by Gasteiger charge is 2.43. The van der Waals surface area contributed by atoms with Gasteiger partial charge in [0.25, 0.3) is 5.56 Å². The van der Waals surface area contributed by atoms with E-state index in [-0.39, 0.29) is 11.7 Å². The van der Waals surface area contributed by atoms with E-state index in [1.807, 2.05) is 18.2 Å². The maximum Gasteiger partial charge on any atom is 0.360 e. The molecule has 0 spiro atoms. The molecule has 0 radical (unpaired) electrons. The average Bonchev–Trinajstić information content (AvgIpc) is 2.78. The molecule has 4 atom stereocenters. The molecule has 3 heterocycles. The molecular weight excluding hydrogens is 402 g/mol. The first-order valence-corrected chi connectivity index (χ1v) is 12.3. The van der Waals surface area contributed by atoms with Crippen molar-refractivity contribution in [1.29, 1.82) is 0 Å². The Morgan fingerprint density at radius 3 is 2.53 bits per heavy atom.